The van der Waals surface area contributed by atoms with Crippen LogP contribution in [-0.4, -0.2) is 53.8 Å². The Bertz CT molecular complexity index is 703. The molecule has 0 aliphatic carbocycles. The second-order valence-corrected chi connectivity index (χ2v) is 7.36. The maximum Gasteiger partial charge on any atom is 0.234 e. The minimum absolute atomic E-state index is 0. The molecule has 1 aromatic heterocycles. The molecule has 1 saturated heterocycles. The summed E-state index contributed by atoms with van der Waals surface area (Å²) in [6.07, 6.45) is 7.37. The van der Waals surface area contributed by atoms with Gasteiger partial charge in [-0.15, -0.1) is 24.8 Å². The van der Waals surface area contributed by atoms with E-state index in [4.69, 9.17) is 0 Å². The number of amides is 1. The summed E-state index contributed by atoms with van der Waals surface area (Å²) in [7, 11) is 2.01. The van der Waals surface area contributed by atoms with Gasteiger partial charge in [-0.25, -0.2) is 0 Å². The van der Waals surface area contributed by atoms with Gasteiger partial charge < -0.3 is 10.6 Å². The topological polar surface area (TPSA) is 62.2 Å². The van der Waals surface area contributed by atoms with Crippen LogP contribution < -0.4 is 10.6 Å². The number of benzene rings is 1. The fourth-order valence-corrected chi connectivity index (χ4v) is 3.69. The zero-order valence-electron chi connectivity index (χ0n) is 17.0. The fourth-order valence-electron chi connectivity index (χ4n) is 3.69. The van der Waals surface area contributed by atoms with Crippen molar-refractivity contribution in [2.45, 2.75) is 32.4 Å². The number of rotatable bonds is 9. The quantitative estimate of drug-likeness (QED) is 0.627. The van der Waals surface area contributed by atoms with Crippen molar-refractivity contribution < 1.29 is 4.79 Å². The number of nitrogens with one attached hydrogen (secondary N) is 2. The summed E-state index contributed by atoms with van der Waals surface area (Å²) in [6.45, 7) is 4.92. The molecule has 0 unspecified atom stereocenters. The highest BCUT2D eigenvalue weighted by Crippen LogP contribution is 2.19. The lowest BCUT2D eigenvalue weighted by atomic mass is 9.93. The van der Waals surface area contributed by atoms with E-state index in [1.165, 1.54) is 24.8 Å². The maximum absolute atomic E-state index is 12.4. The van der Waals surface area contributed by atoms with Gasteiger partial charge in [0.2, 0.25) is 5.91 Å². The summed E-state index contributed by atoms with van der Waals surface area (Å²) in [5.41, 5.74) is 2.33. The van der Waals surface area contributed by atoms with Gasteiger partial charge in [-0.1, -0.05) is 24.3 Å². The van der Waals surface area contributed by atoms with Crippen molar-refractivity contribution in [2.75, 3.05) is 33.2 Å². The van der Waals surface area contributed by atoms with Crippen molar-refractivity contribution in [3.8, 4) is 0 Å². The second kappa shape index (κ2) is 13.6. The molecule has 0 saturated carbocycles. The normalized spacial score (nSPS) is 14.7. The number of likely N-dealkylation sites (tertiary alicyclic amines) is 1. The zero-order chi connectivity index (χ0) is 18.9. The largest absolute Gasteiger partial charge is 0.351 e. The van der Waals surface area contributed by atoms with Crippen molar-refractivity contribution in [3.05, 3.63) is 53.9 Å². The van der Waals surface area contributed by atoms with Crippen molar-refractivity contribution in [1.82, 2.24) is 25.3 Å². The van der Waals surface area contributed by atoms with Crippen LogP contribution in [0.2, 0.25) is 0 Å². The number of piperidine rings is 1. The number of carbonyl (C=O) groups excluding carboxylic acids is 1. The number of hydrogen-bond donors (Lipinski definition) is 2. The van der Waals surface area contributed by atoms with Crippen LogP contribution in [0.15, 0.2) is 42.7 Å². The smallest absolute Gasteiger partial charge is 0.234 e. The van der Waals surface area contributed by atoms with E-state index >= 15 is 0 Å². The Kier molecular flexibility index (Phi) is 11.9. The molecule has 3 rings (SSSR count). The average molecular weight is 442 g/mol. The average Bonchev–Trinajstić information content (AvgIpc) is 3.20. The van der Waals surface area contributed by atoms with Crippen LogP contribution in [-0.2, 0) is 17.9 Å². The van der Waals surface area contributed by atoms with Gasteiger partial charge in [-0.3, -0.25) is 14.4 Å². The molecule has 2 N–H and O–H groups in total. The van der Waals surface area contributed by atoms with E-state index in [0.29, 0.717) is 13.1 Å². The molecule has 6 nitrogen and oxygen atoms in total. The van der Waals surface area contributed by atoms with Gasteiger partial charge in [-0.05, 0) is 69.1 Å². The Morgan fingerprint density at radius 2 is 1.86 bits per heavy atom. The highest BCUT2D eigenvalue weighted by Gasteiger charge is 2.20. The van der Waals surface area contributed by atoms with E-state index in [9.17, 15) is 4.79 Å². The summed E-state index contributed by atoms with van der Waals surface area (Å²) in [4.78, 5) is 14.7. The minimum atomic E-state index is 0. The molecule has 1 amide bonds. The predicted molar refractivity (Wildman–Crippen MR) is 122 cm³/mol. The zero-order valence-corrected chi connectivity index (χ0v) is 18.7. The van der Waals surface area contributed by atoms with E-state index in [2.05, 4.69) is 32.8 Å². The van der Waals surface area contributed by atoms with Crippen LogP contribution in [0.3, 0.4) is 0 Å². The lowest BCUT2D eigenvalue weighted by molar-refractivity contribution is -0.122. The third-order valence-corrected chi connectivity index (χ3v) is 5.36. The predicted octanol–water partition coefficient (Wildman–Crippen LogP) is 2.71. The van der Waals surface area contributed by atoms with Crippen molar-refractivity contribution >= 4 is 30.7 Å². The molecule has 1 aromatic carbocycles. The van der Waals surface area contributed by atoms with Crippen LogP contribution in [0.4, 0.5) is 0 Å². The molecule has 0 spiro atoms. The van der Waals surface area contributed by atoms with E-state index in [1.54, 1.807) is 6.20 Å². The maximum atomic E-state index is 12.4. The molecule has 1 fully saturated rings. The molecule has 8 heteroatoms. The van der Waals surface area contributed by atoms with Gasteiger partial charge in [0, 0.05) is 18.9 Å². The third-order valence-electron chi connectivity index (χ3n) is 5.36. The van der Waals surface area contributed by atoms with E-state index < -0.39 is 0 Å². The Hall–Kier alpha value is -1.60. The van der Waals surface area contributed by atoms with Crippen LogP contribution in [0, 0.1) is 5.92 Å². The number of nitrogens with zero attached hydrogens (tertiary/aromatic N) is 3. The van der Waals surface area contributed by atoms with Gasteiger partial charge >= 0.3 is 0 Å². The number of aromatic nitrogens is 2. The Morgan fingerprint density at radius 3 is 2.52 bits per heavy atom. The SMILES string of the molecule is CNCCC1CCN(CC(=O)NCc2ccccc2Cn2cccn2)CC1.Cl.Cl. The Balaban J connectivity index is 0.00000210. The van der Waals surface area contributed by atoms with Crippen LogP contribution >= 0.6 is 24.8 Å². The second-order valence-electron chi connectivity index (χ2n) is 7.36. The van der Waals surface area contributed by atoms with Gasteiger partial charge in [0.25, 0.3) is 0 Å². The monoisotopic (exact) mass is 441 g/mol. The van der Waals surface area contributed by atoms with Gasteiger partial charge in [0.05, 0.1) is 13.1 Å². The fraction of sp³-hybridized carbons (Fsp3) is 0.524. The lowest BCUT2D eigenvalue weighted by Gasteiger charge is -2.31. The van der Waals surface area contributed by atoms with Crippen LogP contribution in [0.1, 0.15) is 30.4 Å². The minimum Gasteiger partial charge on any atom is -0.351 e. The van der Waals surface area contributed by atoms with Crippen LogP contribution in [0.25, 0.3) is 0 Å². The molecular formula is C21H33Cl2N5O. The molecule has 0 radical (unpaired) electrons. The summed E-state index contributed by atoms with van der Waals surface area (Å²) in [5.74, 6) is 0.906. The first-order valence-electron chi connectivity index (χ1n) is 9.92. The Morgan fingerprint density at radius 1 is 1.14 bits per heavy atom. The van der Waals surface area contributed by atoms with Crippen LogP contribution in [0.5, 0.6) is 0 Å². The Labute approximate surface area is 186 Å². The standard InChI is InChI=1S/C21H31N5O.2ClH/c1-22-11-7-18-8-13-25(14-9-18)17-21(27)23-15-19-5-2-3-6-20(19)16-26-12-4-10-24-26;;/h2-6,10,12,18,22H,7-9,11,13-17H2,1H3,(H,23,27);2*1H. The molecule has 0 bridgehead atoms. The third kappa shape index (κ3) is 8.34. The van der Waals surface area contributed by atoms with E-state index in [-0.39, 0.29) is 30.7 Å². The molecule has 2 aromatic rings. The van der Waals surface area contributed by atoms with Crippen molar-refractivity contribution in [2.24, 2.45) is 5.92 Å². The first kappa shape index (κ1) is 25.4. The molecule has 0 atom stereocenters. The molecule has 1 aliphatic rings. The van der Waals surface area contributed by atoms with Gasteiger partial charge in [-0.2, -0.15) is 5.10 Å². The van der Waals surface area contributed by atoms with Crippen molar-refractivity contribution in [3.63, 3.8) is 0 Å². The highest BCUT2D eigenvalue weighted by atomic mass is 35.5. The molecule has 2 heterocycles. The lowest BCUT2D eigenvalue weighted by Crippen LogP contribution is -2.41. The first-order valence-corrected chi connectivity index (χ1v) is 9.92. The van der Waals surface area contributed by atoms with E-state index in [1.807, 2.05) is 36.1 Å². The highest BCUT2D eigenvalue weighted by molar-refractivity contribution is 5.85. The number of carbonyl (C=O) groups is 1. The van der Waals surface area contributed by atoms with Gasteiger partial charge in [0.15, 0.2) is 0 Å². The number of hydrogen-bond acceptors (Lipinski definition) is 4. The molecule has 29 heavy (non-hydrogen) atoms. The first-order chi connectivity index (χ1) is 13.2. The summed E-state index contributed by atoms with van der Waals surface area (Å²) in [5, 5.41) is 10.6. The summed E-state index contributed by atoms with van der Waals surface area (Å²) >= 11 is 0. The van der Waals surface area contributed by atoms with Crippen molar-refractivity contribution in [1.29, 1.82) is 0 Å². The summed E-state index contributed by atoms with van der Waals surface area (Å²) in [6, 6.07) is 10.1. The molecule has 162 valence electrons. The van der Waals surface area contributed by atoms with Gasteiger partial charge in [0.1, 0.15) is 0 Å². The van der Waals surface area contributed by atoms with E-state index in [0.717, 1.165) is 37.7 Å². The molecule has 1 aliphatic heterocycles. The number of halogens is 2. The summed E-state index contributed by atoms with van der Waals surface area (Å²) < 4.78 is 1.90. The molecular weight excluding hydrogens is 409 g/mol.